The number of ketones is 3. The predicted octanol–water partition coefficient (Wildman–Crippen LogP) is 7.41. The van der Waals surface area contributed by atoms with Crippen LogP contribution in [-0.4, -0.2) is 58.6 Å². The fourth-order valence-electron chi connectivity index (χ4n) is 8.07. The van der Waals surface area contributed by atoms with Crippen molar-refractivity contribution < 1.29 is 14.4 Å². The summed E-state index contributed by atoms with van der Waals surface area (Å²) in [6, 6.07) is 30.4. The largest absolute Gasteiger partial charge is 0.377 e. The van der Waals surface area contributed by atoms with Gasteiger partial charge in [0.15, 0.2) is 11.6 Å². The van der Waals surface area contributed by atoms with Gasteiger partial charge in [0.25, 0.3) is 0 Å². The third kappa shape index (κ3) is 6.06. The van der Waals surface area contributed by atoms with E-state index in [1.54, 1.807) is 12.1 Å². The lowest BCUT2D eigenvalue weighted by atomic mass is 9.53. The number of rotatable bonds is 10. The molecule has 2 unspecified atom stereocenters. The van der Waals surface area contributed by atoms with Gasteiger partial charge >= 0.3 is 0 Å². The van der Waals surface area contributed by atoms with Crippen molar-refractivity contribution in [1.82, 2.24) is 5.32 Å². The number of para-hydroxylation sites is 2. The van der Waals surface area contributed by atoms with E-state index in [2.05, 4.69) is 5.32 Å². The lowest BCUT2D eigenvalue weighted by Gasteiger charge is -2.46. The molecule has 48 heavy (non-hydrogen) atoms. The molecule has 0 aromatic heterocycles. The molecule has 6 rings (SSSR count). The average molecular weight is 683 g/mol. The Morgan fingerprint density at radius 1 is 0.708 bits per heavy atom. The number of nitrogens with zero attached hydrogens (tertiary/aromatic N) is 2. The second kappa shape index (κ2) is 13.9. The number of fused-ring (bicyclic) bond motifs is 1. The Morgan fingerprint density at radius 2 is 1.19 bits per heavy atom. The first-order valence-corrected chi connectivity index (χ1v) is 17.2. The van der Waals surface area contributed by atoms with E-state index in [9.17, 15) is 4.79 Å². The molecule has 4 aromatic carbocycles. The van der Waals surface area contributed by atoms with Crippen LogP contribution < -0.4 is 15.1 Å². The van der Waals surface area contributed by atoms with E-state index in [-0.39, 0.29) is 30.2 Å². The Morgan fingerprint density at radius 3 is 1.65 bits per heavy atom. The normalized spacial score (nSPS) is 21.7. The molecule has 8 heteroatoms. The number of carbonyl (C=O) groups excluding carboxylic acids is 3. The van der Waals surface area contributed by atoms with Gasteiger partial charge in [0.2, 0.25) is 0 Å². The van der Waals surface area contributed by atoms with Crippen molar-refractivity contribution in [2.24, 2.45) is 17.3 Å². The van der Waals surface area contributed by atoms with Crippen LogP contribution in [0.4, 0.5) is 11.4 Å². The average Bonchev–Trinajstić information content (AvgIpc) is 3.57. The smallest absolute Gasteiger partial charge is 0.158 e. The van der Waals surface area contributed by atoms with Gasteiger partial charge in [0.05, 0.1) is 17.3 Å². The second-order valence-electron chi connectivity index (χ2n) is 13.4. The van der Waals surface area contributed by atoms with Crippen molar-refractivity contribution >= 4 is 51.9 Å². The minimum Gasteiger partial charge on any atom is -0.377 e. The van der Waals surface area contributed by atoms with E-state index in [1.165, 1.54) is 0 Å². The molecule has 248 valence electrons. The summed E-state index contributed by atoms with van der Waals surface area (Å²) in [4.78, 5) is 49.5. The number of halogens is 2. The van der Waals surface area contributed by atoms with Crippen molar-refractivity contribution in [2.45, 2.75) is 24.7 Å². The van der Waals surface area contributed by atoms with Crippen LogP contribution in [0.25, 0.3) is 0 Å². The molecule has 0 radical (unpaired) electrons. The third-order valence-electron chi connectivity index (χ3n) is 10.3. The number of benzene rings is 4. The molecular formula is C40H41Cl2N3O3. The van der Waals surface area contributed by atoms with Gasteiger partial charge in [-0.15, -0.1) is 0 Å². The maximum absolute atomic E-state index is 16.0. The summed E-state index contributed by atoms with van der Waals surface area (Å²) in [5.74, 6) is -2.90. The second-order valence-corrected chi connectivity index (χ2v) is 14.3. The summed E-state index contributed by atoms with van der Waals surface area (Å²) in [5, 5.41) is 4.40. The van der Waals surface area contributed by atoms with Crippen molar-refractivity contribution in [3.05, 3.63) is 129 Å². The molecule has 2 aliphatic rings. The monoisotopic (exact) mass is 681 g/mol. The van der Waals surface area contributed by atoms with Crippen LogP contribution in [0, 0.1) is 17.3 Å². The summed E-state index contributed by atoms with van der Waals surface area (Å²) in [6.45, 7) is 0.834. The van der Waals surface area contributed by atoms with Gasteiger partial charge in [0, 0.05) is 81.0 Å². The van der Waals surface area contributed by atoms with Crippen molar-refractivity contribution in [3.8, 4) is 0 Å². The Labute approximate surface area is 293 Å². The Bertz CT molecular complexity index is 1740. The van der Waals surface area contributed by atoms with Gasteiger partial charge in [-0.3, -0.25) is 14.4 Å². The number of carbonyl (C=O) groups is 3. The standard InChI is InChI=1S/C40H41Cl2N3O3/c1-44(2)33-17-7-5-15-29(33)36(25-11-9-13-27(41)21-25)38(47)40(20-19-35(46)31-23-43-24-32(31)40)39(48)37(26-12-10-14-28(42)22-26)30-16-6-8-18-34(30)45(3)4/h5-18,21-22,31-32,36-37,43H,19-20,23-24H2,1-4H3/t31-,32+,36?,37?,40?/m0/s1. The Kier molecular flexibility index (Phi) is 9.80. The quantitative estimate of drug-likeness (QED) is 0.176. The Hall–Kier alpha value is -3.97. The van der Waals surface area contributed by atoms with E-state index in [0.29, 0.717) is 34.3 Å². The lowest BCUT2D eigenvalue weighted by molar-refractivity contribution is -0.152. The molecular weight excluding hydrogens is 641 g/mol. The van der Waals surface area contributed by atoms with Crippen LogP contribution in [0.1, 0.15) is 46.9 Å². The van der Waals surface area contributed by atoms with E-state index >= 15 is 9.59 Å². The maximum Gasteiger partial charge on any atom is 0.158 e. The van der Waals surface area contributed by atoms with Crippen LogP contribution in [0.15, 0.2) is 97.1 Å². The molecule has 1 N–H and O–H groups in total. The van der Waals surface area contributed by atoms with Crippen LogP contribution in [-0.2, 0) is 14.4 Å². The number of hydrogen-bond donors (Lipinski definition) is 1. The summed E-state index contributed by atoms with van der Waals surface area (Å²) < 4.78 is 0. The number of hydrogen-bond acceptors (Lipinski definition) is 6. The van der Waals surface area contributed by atoms with Crippen molar-refractivity contribution in [3.63, 3.8) is 0 Å². The molecule has 0 amide bonds. The zero-order chi connectivity index (χ0) is 34.2. The molecule has 2 fully saturated rings. The van der Waals surface area contributed by atoms with Gasteiger partial charge < -0.3 is 15.1 Å². The van der Waals surface area contributed by atoms with Crippen molar-refractivity contribution in [2.75, 3.05) is 51.1 Å². The molecule has 1 saturated carbocycles. The highest BCUT2D eigenvalue weighted by molar-refractivity contribution is 6.31. The molecule has 1 aliphatic heterocycles. The SMILES string of the molecule is CN(C)c1ccccc1C(C(=O)C1(C(=O)C(c2cccc(Cl)c2)c2ccccc2N(C)C)CCC(=O)[C@H]2CNC[C@H]21)c1cccc(Cl)c1. The van der Waals surface area contributed by atoms with Gasteiger partial charge in [-0.05, 0) is 65.1 Å². The maximum atomic E-state index is 16.0. The van der Waals surface area contributed by atoms with E-state index in [4.69, 9.17) is 23.2 Å². The minimum atomic E-state index is -1.50. The number of anilines is 2. The first-order chi connectivity index (χ1) is 23.0. The van der Waals surface area contributed by atoms with Gasteiger partial charge in [-0.25, -0.2) is 0 Å². The zero-order valence-electron chi connectivity index (χ0n) is 27.8. The molecule has 4 aromatic rings. The summed E-state index contributed by atoms with van der Waals surface area (Å²) in [6.07, 6.45) is 0.282. The molecule has 0 spiro atoms. The fraction of sp³-hybridized carbons (Fsp3) is 0.325. The van der Waals surface area contributed by atoms with Crippen LogP contribution >= 0.6 is 23.2 Å². The molecule has 4 atom stereocenters. The van der Waals surface area contributed by atoms with Gasteiger partial charge in [-0.2, -0.15) is 0 Å². The van der Waals surface area contributed by atoms with E-state index in [1.807, 2.05) is 123 Å². The molecule has 1 aliphatic carbocycles. The highest BCUT2D eigenvalue weighted by atomic mass is 35.5. The summed E-state index contributed by atoms with van der Waals surface area (Å²) >= 11 is 13.2. The van der Waals surface area contributed by atoms with Gasteiger partial charge in [0.1, 0.15) is 5.78 Å². The predicted molar refractivity (Wildman–Crippen MR) is 195 cm³/mol. The lowest BCUT2D eigenvalue weighted by Crippen LogP contribution is -2.56. The number of nitrogens with one attached hydrogen (secondary N) is 1. The van der Waals surface area contributed by atoms with Crippen molar-refractivity contribution in [1.29, 1.82) is 0 Å². The molecule has 0 bridgehead atoms. The van der Waals surface area contributed by atoms with Crippen LogP contribution in [0.3, 0.4) is 0 Å². The zero-order valence-corrected chi connectivity index (χ0v) is 29.3. The summed E-state index contributed by atoms with van der Waals surface area (Å²) in [7, 11) is 7.79. The summed E-state index contributed by atoms with van der Waals surface area (Å²) in [5.41, 5.74) is 3.24. The minimum absolute atomic E-state index is 0.0993. The molecule has 6 nitrogen and oxygen atoms in total. The van der Waals surface area contributed by atoms with Crippen LogP contribution in [0.5, 0.6) is 0 Å². The van der Waals surface area contributed by atoms with E-state index < -0.39 is 29.1 Å². The highest BCUT2D eigenvalue weighted by Gasteiger charge is 2.62. The fourth-order valence-corrected chi connectivity index (χ4v) is 8.47. The molecule has 1 heterocycles. The van der Waals surface area contributed by atoms with Crippen LogP contribution in [0.2, 0.25) is 10.0 Å². The first kappa shape index (κ1) is 33.9. The molecule has 1 saturated heterocycles. The first-order valence-electron chi connectivity index (χ1n) is 16.4. The Balaban J connectivity index is 1.64. The van der Waals surface area contributed by atoms with E-state index in [0.717, 1.165) is 22.5 Å². The highest BCUT2D eigenvalue weighted by Crippen LogP contribution is 2.54. The topological polar surface area (TPSA) is 69.7 Å². The third-order valence-corrected chi connectivity index (χ3v) is 10.7. The van der Waals surface area contributed by atoms with Gasteiger partial charge in [-0.1, -0.05) is 83.9 Å². The number of Topliss-reactive ketones (excluding diaryl/α,β-unsaturated/α-hetero) is 3.